The topological polar surface area (TPSA) is 27.1 Å². The zero-order valence-electron chi connectivity index (χ0n) is 9.37. The lowest BCUT2D eigenvalue weighted by Gasteiger charge is -2.25. The highest BCUT2D eigenvalue weighted by atomic mass is 16.5. The van der Waals surface area contributed by atoms with Crippen LogP contribution in [0.25, 0.3) is 0 Å². The zero-order valence-corrected chi connectivity index (χ0v) is 9.37. The molecular formula is C11H18N2O. The Hall–Kier alpha value is -0.990. The Morgan fingerprint density at radius 2 is 2.21 bits per heavy atom. The molecule has 3 heteroatoms. The molecule has 0 saturated heterocycles. The van der Waals surface area contributed by atoms with Crippen LogP contribution >= 0.6 is 0 Å². The first-order chi connectivity index (χ1) is 6.50. The van der Waals surface area contributed by atoms with Gasteiger partial charge in [0.05, 0.1) is 18.8 Å². The maximum Gasteiger partial charge on any atom is 0.215 e. The summed E-state index contributed by atoms with van der Waals surface area (Å²) in [6, 6.07) is 0.467. The molecule has 1 unspecified atom stereocenters. The second-order valence-corrected chi connectivity index (χ2v) is 5.04. The normalized spacial score (nSPS) is 21.6. The molecule has 1 aliphatic heterocycles. The van der Waals surface area contributed by atoms with Crippen molar-refractivity contribution in [3.63, 3.8) is 0 Å². The van der Waals surface area contributed by atoms with Gasteiger partial charge in [-0.25, -0.2) is 4.68 Å². The van der Waals surface area contributed by atoms with Gasteiger partial charge in [0, 0.05) is 12.0 Å². The molecule has 0 radical (unpaired) electrons. The number of ether oxygens (including phenoxy) is 1. The van der Waals surface area contributed by atoms with E-state index in [1.165, 1.54) is 5.56 Å². The van der Waals surface area contributed by atoms with Crippen molar-refractivity contribution < 1.29 is 4.74 Å². The van der Waals surface area contributed by atoms with Gasteiger partial charge >= 0.3 is 0 Å². The predicted octanol–water partition coefficient (Wildman–Crippen LogP) is 2.52. The summed E-state index contributed by atoms with van der Waals surface area (Å²) in [6.45, 7) is 9.57. The number of rotatable bonds is 0. The summed E-state index contributed by atoms with van der Waals surface area (Å²) in [4.78, 5) is 0. The maximum atomic E-state index is 5.69. The van der Waals surface area contributed by atoms with Crippen LogP contribution in [0.1, 0.15) is 45.7 Å². The van der Waals surface area contributed by atoms with Gasteiger partial charge in [-0.1, -0.05) is 20.8 Å². The molecule has 0 bridgehead atoms. The van der Waals surface area contributed by atoms with E-state index in [1.807, 2.05) is 10.9 Å². The van der Waals surface area contributed by atoms with Crippen LogP contribution in [0.5, 0.6) is 5.88 Å². The van der Waals surface area contributed by atoms with E-state index in [0.717, 1.165) is 18.9 Å². The van der Waals surface area contributed by atoms with Crippen LogP contribution < -0.4 is 4.74 Å². The van der Waals surface area contributed by atoms with Crippen LogP contribution in [0.3, 0.4) is 0 Å². The monoisotopic (exact) mass is 194 g/mol. The number of hydrogen-bond donors (Lipinski definition) is 0. The lowest BCUT2D eigenvalue weighted by atomic mass is 9.89. The molecule has 2 rings (SSSR count). The third-order valence-electron chi connectivity index (χ3n) is 2.75. The first kappa shape index (κ1) is 9.56. The Kier molecular flexibility index (Phi) is 2.05. The highest BCUT2D eigenvalue weighted by molar-refractivity contribution is 5.32. The van der Waals surface area contributed by atoms with Gasteiger partial charge in [0.25, 0.3) is 0 Å². The van der Waals surface area contributed by atoms with Gasteiger partial charge in [-0.3, -0.25) is 0 Å². The van der Waals surface area contributed by atoms with Gasteiger partial charge in [-0.2, -0.15) is 5.10 Å². The Morgan fingerprint density at radius 1 is 1.50 bits per heavy atom. The minimum Gasteiger partial charge on any atom is -0.478 e. The molecule has 1 atom stereocenters. The van der Waals surface area contributed by atoms with Crippen molar-refractivity contribution in [2.45, 2.75) is 45.6 Å². The number of fused-ring (bicyclic) bond motifs is 1. The standard InChI is InChI=1S/C11H18N2O/c1-8-5-6-14-10-9(11(2,3)4)7-12-13(8)10/h7-8H,5-6H2,1-4H3. The average Bonchev–Trinajstić information content (AvgIpc) is 2.47. The Balaban J connectivity index is 2.46. The first-order valence-corrected chi connectivity index (χ1v) is 5.21. The van der Waals surface area contributed by atoms with Crippen molar-refractivity contribution in [3.05, 3.63) is 11.8 Å². The van der Waals surface area contributed by atoms with E-state index >= 15 is 0 Å². The zero-order chi connectivity index (χ0) is 10.3. The molecule has 0 N–H and O–H groups in total. The number of aromatic nitrogens is 2. The van der Waals surface area contributed by atoms with Crippen molar-refractivity contribution in [1.82, 2.24) is 9.78 Å². The quantitative estimate of drug-likeness (QED) is 0.634. The molecule has 0 aliphatic carbocycles. The second-order valence-electron chi connectivity index (χ2n) is 5.04. The molecule has 1 aromatic heterocycles. The van der Waals surface area contributed by atoms with Crippen LogP contribution in [0.15, 0.2) is 6.20 Å². The second kappa shape index (κ2) is 3.01. The SMILES string of the molecule is CC1CCOc2c(C(C)(C)C)cnn21. The predicted molar refractivity (Wildman–Crippen MR) is 55.8 cm³/mol. The lowest BCUT2D eigenvalue weighted by Crippen LogP contribution is -2.21. The highest BCUT2D eigenvalue weighted by Crippen LogP contribution is 2.35. The van der Waals surface area contributed by atoms with E-state index in [0.29, 0.717) is 6.04 Å². The van der Waals surface area contributed by atoms with Crippen LogP contribution in [0.4, 0.5) is 0 Å². The fourth-order valence-corrected chi connectivity index (χ4v) is 1.77. The van der Waals surface area contributed by atoms with Gasteiger partial charge in [-0.15, -0.1) is 0 Å². The lowest BCUT2D eigenvalue weighted by molar-refractivity contribution is 0.197. The molecule has 0 aromatic carbocycles. The summed E-state index contributed by atoms with van der Waals surface area (Å²) in [5.74, 6) is 0.969. The van der Waals surface area contributed by atoms with Crippen LogP contribution in [-0.2, 0) is 5.41 Å². The summed E-state index contributed by atoms with van der Waals surface area (Å²) in [5, 5.41) is 4.40. The first-order valence-electron chi connectivity index (χ1n) is 5.21. The highest BCUT2D eigenvalue weighted by Gasteiger charge is 2.27. The molecule has 1 aromatic rings. The van der Waals surface area contributed by atoms with E-state index in [4.69, 9.17) is 4.74 Å². The molecule has 78 valence electrons. The third kappa shape index (κ3) is 1.41. The van der Waals surface area contributed by atoms with Gasteiger partial charge < -0.3 is 4.74 Å². The smallest absolute Gasteiger partial charge is 0.215 e. The van der Waals surface area contributed by atoms with Crippen molar-refractivity contribution >= 4 is 0 Å². The molecule has 2 heterocycles. The van der Waals surface area contributed by atoms with Crippen molar-refractivity contribution in [3.8, 4) is 5.88 Å². The van der Waals surface area contributed by atoms with E-state index in [9.17, 15) is 0 Å². The largest absolute Gasteiger partial charge is 0.478 e. The van der Waals surface area contributed by atoms with Crippen molar-refractivity contribution in [2.24, 2.45) is 0 Å². The van der Waals surface area contributed by atoms with Crippen LogP contribution in [0, 0.1) is 0 Å². The van der Waals surface area contributed by atoms with Gasteiger partial charge in [0.15, 0.2) is 0 Å². The summed E-state index contributed by atoms with van der Waals surface area (Å²) in [6.07, 6.45) is 3.00. The Morgan fingerprint density at radius 3 is 2.86 bits per heavy atom. The van der Waals surface area contributed by atoms with Gasteiger partial charge in [0.2, 0.25) is 5.88 Å². The van der Waals surface area contributed by atoms with E-state index < -0.39 is 0 Å². The number of hydrogen-bond acceptors (Lipinski definition) is 2. The molecule has 0 saturated carbocycles. The van der Waals surface area contributed by atoms with Gasteiger partial charge in [-0.05, 0) is 12.3 Å². The fourth-order valence-electron chi connectivity index (χ4n) is 1.77. The Labute approximate surface area is 85.1 Å². The minimum atomic E-state index is 0.116. The molecule has 0 fully saturated rings. The summed E-state index contributed by atoms with van der Waals surface area (Å²) in [7, 11) is 0. The van der Waals surface area contributed by atoms with Crippen molar-refractivity contribution in [2.75, 3.05) is 6.61 Å². The van der Waals surface area contributed by atoms with Gasteiger partial charge in [0.1, 0.15) is 0 Å². The van der Waals surface area contributed by atoms with E-state index in [1.54, 1.807) is 0 Å². The molecule has 1 aliphatic rings. The maximum absolute atomic E-state index is 5.69. The average molecular weight is 194 g/mol. The molecule has 3 nitrogen and oxygen atoms in total. The molecule has 0 spiro atoms. The van der Waals surface area contributed by atoms with Crippen molar-refractivity contribution in [1.29, 1.82) is 0 Å². The van der Waals surface area contributed by atoms with Crippen LogP contribution in [0.2, 0.25) is 0 Å². The fraction of sp³-hybridized carbons (Fsp3) is 0.727. The molecule has 14 heavy (non-hydrogen) atoms. The Bertz CT molecular complexity index is 336. The van der Waals surface area contributed by atoms with E-state index in [2.05, 4.69) is 32.8 Å². The summed E-state index contributed by atoms with van der Waals surface area (Å²) in [5.41, 5.74) is 1.33. The molecule has 0 amide bonds. The number of nitrogens with zero attached hydrogens (tertiary/aromatic N) is 2. The summed E-state index contributed by atoms with van der Waals surface area (Å²) < 4.78 is 7.70. The van der Waals surface area contributed by atoms with Crippen LogP contribution in [-0.4, -0.2) is 16.4 Å². The third-order valence-corrected chi connectivity index (χ3v) is 2.75. The molecular weight excluding hydrogens is 176 g/mol. The van der Waals surface area contributed by atoms with E-state index in [-0.39, 0.29) is 5.41 Å². The summed E-state index contributed by atoms with van der Waals surface area (Å²) >= 11 is 0. The minimum absolute atomic E-state index is 0.116.